The lowest BCUT2D eigenvalue weighted by Crippen LogP contribution is -2.33. The Bertz CT molecular complexity index is 914. The second kappa shape index (κ2) is 8.21. The molecule has 0 saturated carbocycles. The molecular weight excluding hydrogens is 354 g/mol. The zero-order valence-corrected chi connectivity index (χ0v) is 15.3. The molecule has 0 fully saturated rings. The zero-order valence-electron chi connectivity index (χ0n) is 14.6. The summed E-state index contributed by atoms with van der Waals surface area (Å²) in [5.74, 6) is 0. The van der Waals surface area contributed by atoms with Crippen molar-refractivity contribution in [1.82, 2.24) is 9.97 Å². The number of aliphatic hydroxyl groups is 1. The number of para-hydroxylation sites is 4. The highest BCUT2D eigenvalue weighted by Crippen LogP contribution is 2.22. The van der Waals surface area contributed by atoms with Gasteiger partial charge in [-0.15, -0.1) is 0 Å². The standard InChI is InChI=1S/C12H16N2O2.C7H4ClNO/c1-9(2)14(7-8-15)12-13-10-5-3-4-6-11(10)16-12;8-7-9-5-3-1-2-4-6(5)10-7/h3-6,9,15H,7-8H2,1-2H3;1-4H. The Kier molecular flexibility index (Phi) is 5.75. The predicted octanol–water partition coefficient (Wildman–Crippen LogP) is 4.52. The number of halogens is 1. The van der Waals surface area contributed by atoms with Crippen molar-refractivity contribution in [3.05, 3.63) is 53.9 Å². The van der Waals surface area contributed by atoms with Gasteiger partial charge in [-0.05, 0) is 49.7 Å². The van der Waals surface area contributed by atoms with Gasteiger partial charge in [0.2, 0.25) is 0 Å². The maximum atomic E-state index is 9.01. The van der Waals surface area contributed by atoms with E-state index in [1.54, 1.807) is 0 Å². The van der Waals surface area contributed by atoms with Gasteiger partial charge in [0.25, 0.3) is 11.4 Å². The summed E-state index contributed by atoms with van der Waals surface area (Å²) in [5, 5.41) is 9.21. The van der Waals surface area contributed by atoms with Gasteiger partial charge in [-0.3, -0.25) is 0 Å². The van der Waals surface area contributed by atoms with Gasteiger partial charge in [0.1, 0.15) is 11.0 Å². The smallest absolute Gasteiger partial charge is 0.298 e. The summed E-state index contributed by atoms with van der Waals surface area (Å²) in [4.78, 5) is 10.3. The lowest BCUT2D eigenvalue weighted by atomic mass is 10.3. The third kappa shape index (κ3) is 4.15. The van der Waals surface area contributed by atoms with E-state index < -0.39 is 0 Å². The van der Waals surface area contributed by atoms with Crippen LogP contribution < -0.4 is 4.90 Å². The van der Waals surface area contributed by atoms with E-state index in [1.807, 2.05) is 67.3 Å². The van der Waals surface area contributed by atoms with E-state index in [0.717, 1.165) is 22.2 Å². The highest BCUT2D eigenvalue weighted by molar-refractivity contribution is 6.28. The van der Waals surface area contributed by atoms with Crippen LogP contribution in [0.5, 0.6) is 0 Å². The molecule has 2 heterocycles. The number of hydrogen-bond donors (Lipinski definition) is 1. The lowest BCUT2D eigenvalue weighted by molar-refractivity contribution is 0.295. The number of oxazole rings is 2. The topological polar surface area (TPSA) is 75.5 Å². The Morgan fingerprint density at radius 3 is 2.08 bits per heavy atom. The van der Waals surface area contributed by atoms with Gasteiger partial charge in [0.15, 0.2) is 11.2 Å². The second-order valence-electron chi connectivity index (χ2n) is 5.91. The van der Waals surface area contributed by atoms with E-state index in [0.29, 0.717) is 12.6 Å². The summed E-state index contributed by atoms with van der Waals surface area (Å²) in [6, 6.07) is 15.9. The quantitative estimate of drug-likeness (QED) is 0.567. The van der Waals surface area contributed by atoms with E-state index >= 15 is 0 Å². The molecule has 1 N–H and O–H groups in total. The predicted molar refractivity (Wildman–Crippen MR) is 103 cm³/mol. The fraction of sp³-hybridized carbons (Fsp3) is 0.263. The summed E-state index contributed by atoms with van der Waals surface area (Å²) in [6.07, 6.45) is 0. The maximum absolute atomic E-state index is 9.01. The minimum atomic E-state index is 0.0942. The number of rotatable bonds is 4. The number of hydrogen-bond acceptors (Lipinski definition) is 6. The largest absolute Gasteiger partial charge is 0.428 e. The van der Waals surface area contributed by atoms with Crippen molar-refractivity contribution in [3.63, 3.8) is 0 Å². The fourth-order valence-electron chi connectivity index (χ4n) is 2.51. The van der Waals surface area contributed by atoms with E-state index in [-0.39, 0.29) is 18.0 Å². The van der Waals surface area contributed by atoms with Crippen LogP contribution in [0.4, 0.5) is 6.01 Å². The van der Waals surface area contributed by atoms with Gasteiger partial charge in [0, 0.05) is 12.6 Å². The molecule has 0 aliphatic heterocycles. The average molecular weight is 374 g/mol. The molecule has 6 nitrogen and oxygen atoms in total. The summed E-state index contributed by atoms with van der Waals surface area (Å²) in [6.45, 7) is 4.72. The van der Waals surface area contributed by atoms with Crippen molar-refractivity contribution in [3.8, 4) is 0 Å². The molecule has 0 aliphatic rings. The van der Waals surface area contributed by atoms with E-state index in [9.17, 15) is 0 Å². The normalized spacial score (nSPS) is 11.0. The van der Waals surface area contributed by atoms with Gasteiger partial charge in [-0.2, -0.15) is 9.97 Å². The Balaban J connectivity index is 0.000000167. The Hall–Kier alpha value is -2.57. The maximum Gasteiger partial charge on any atom is 0.298 e. The molecule has 0 atom stereocenters. The van der Waals surface area contributed by atoms with Crippen molar-refractivity contribution >= 4 is 39.8 Å². The Morgan fingerprint density at radius 1 is 0.962 bits per heavy atom. The van der Waals surface area contributed by atoms with Crippen molar-refractivity contribution in [2.45, 2.75) is 19.9 Å². The Labute approximate surface area is 156 Å². The third-order valence-electron chi connectivity index (χ3n) is 3.76. The first-order chi connectivity index (χ1) is 12.6. The molecule has 0 amide bonds. The molecule has 0 spiro atoms. The van der Waals surface area contributed by atoms with Crippen LogP contribution in [0.25, 0.3) is 22.2 Å². The monoisotopic (exact) mass is 373 g/mol. The van der Waals surface area contributed by atoms with Crippen molar-refractivity contribution in [2.24, 2.45) is 0 Å². The SMILES string of the molecule is CC(C)N(CCO)c1nc2ccccc2o1.Clc1nc2ccccc2o1. The van der Waals surface area contributed by atoms with Crippen LogP contribution in [0.2, 0.25) is 5.35 Å². The molecule has 4 aromatic rings. The summed E-state index contributed by atoms with van der Waals surface area (Å²) in [5.41, 5.74) is 3.15. The summed E-state index contributed by atoms with van der Waals surface area (Å²) >= 11 is 5.51. The Morgan fingerprint density at radius 2 is 1.54 bits per heavy atom. The molecule has 0 bridgehead atoms. The number of aliphatic hydroxyl groups excluding tert-OH is 1. The van der Waals surface area contributed by atoms with Crippen LogP contribution in [-0.4, -0.2) is 34.3 Å². The number of nitrogens with zero attached hydrogens (tertiary/aromatic N) is 3. The number of aromatic nitrogens is 2. The minimum absolute atomic E-state index is 0.0942. The van der Waals surface area contributed by atoms with Crippen LogP contribution in [-0.2, 0) is 0 Å². The third-order valence-corrected chi connectivity index (χ3v) is 3.92. The molecule has 0 saturated heterocycles. The molecule has 136 valence electrons. The van der Waals surface area contributed by atoms with Crippen LogP contribution in [0.15, 0.2) is 57.4 Å². The number of fused-ring (bicyclic) bond motifs is 2. The molecule has 2 aromatic carbocycles. The van der Waals surface area contributed by atoms with Gasteiger partial charge in [0.05, 0.1) is 6.61 Å². The molecule has 2 aromatic heterocycles. The first kappa shape index (κ1) is 18.2. The van der Waals surface area contributed by atoms with Crippen molar-refractivity contribution in [2.75, 3.05) is 18.1 Å². The van der Waals surface area contributed by atoms with Gasteiger partial charge in [-0.1, -0.05) is 24.3 Å². The van der Waals surface area contributed by atoms with Crippen molar-refractivity contribution in [1.29, 1.82) is 0 Å². The fourth-order valence-corrected chi connectivity index (χ4v) is 2.68. The number of benzene rings is 2. The molecule has 4 rings (SSSR count). The molecular formula is C19H20ClN3O3. The molecule has 0 unspecified atom stereocenters. The summed E-state index contributed by atoms with van der Waals surface area (Å²) in [7, 11) is 0. The van der Waals surface area contributed by atoms with Crippen LogP contribution in [0.3, 0.4) is 0 Å². The molecule has 26 heavy (non-hydrogen) atoms. The molecule has 0 aliphatic carbocycles. The molecule has 7 heteroatoms. The van der Waals surface area contributed by atoms with Gasteiger partial charge >= 0.3 is 0 Å². The van der Waals surface area contributed by atoms with Gasteiger partial charge < -0.3 is 18.8 Å². The average Bonchev–Trinajstić information content (AvgIpc) is 3.21. The van der Waals surface area contributed by atoms with Crippen molar-refractivity contribution < 1.29 is 13.9 Å². The second-order valence-corrected chi connectivity index (χ2v) is 6.23. The first-order valence-corrected chi connectivity index (χ1v) is 8.70. The van der Waals surface area contributed by atoms with E-state index in [1.165, 1.54) is 0 Å². The van der Waals surface area contributed by atoms with E-state index in [4.69, 9.17) is 25.5 Å². The van der Waals surface area contributed by atoms with Gasteiger partial charge in [-0.25, -0.2) is 0 Å². The number of anilines is 1. The van der Waals surface area contributed by atoms with Crippen LogP contribution in [0, 0.1) is 0 Å². The molecule has 0 radical (unpaired) electrons. The zero-order chi connectivity index (χ0) is 18.5. The van der Waals surface area contributed by atoms with E-state index in [2.05, 4.69) is 9.97 Å². The lowest BCUT2D eigenvalue weighted by Gasteiger charge is -2.23. The van der Waals surface area contributed by atoms with Crippen LogP contribution >= 0.6 is 11.6 Å². The minimum Gasteiger partial charge on any atom is -0.428 e. The first-order valence-electron chi connectivity index (χ1n) is 8.32. The summed E-state index contributed by atoms with van der Waals surface area (Å²) < 4.78 is 10.7. The highest BCUT2D eigenvalue weighted by atomic mass is 35.5. The highest BCUT2D eigenvalue weighted by Gasteiger charge is 2.16. The van der Waals surface area contributed by atoms with Crippen LogP contribution in [0.1, 0.15) is 13.8 Å².